The van der Waals surface area contributed by atoms with Crippen LogP contribution < -0.4 is 0 Å². The number of hydrogen-bond donors (Lipinski definition) is 0. The summed E-state index contributed by atoms with van der Waals surface area (Å²) in [6.07, 6.45) is 3.04. The molecule has 4 heteroatoms. The van der Waals surface area contributed by atoms with Gasteiger partial charge in [0.1, 0.15) is 12.2 Å². The van der Waals surface area contributed by atoms with Crippen LogP contribution in [0.5, 0.6) is 0 Å². The Bertz CT molecular complexity index is 498. The smallest absolute Gasteiger partial charge is 0.312 e. The molecular weight excluding hydrogens is 292 g/mol. The first-order valence-corrected chi connectivity index (χ1v) is 9.21. The molecule has 23 heavy (non-hydrogen) atoms. The van der Waals surface area contributed by atoms with E-state index >= 15 is 0 Å². The van der Waals surface area contributed by atoms with Crippen LogP contribution >= 0.6 is 0 Å². The predicted molar refractivity (Wildman–Crippen MR) is 86.5 cm³/mol. The Balaban J connectivity index is 1.76. The summed E-state index contributed by atoms with van der Waals surface area (Å²) < 4.78 is 11.6. The Morgan fingerprint density at radius 3 is 2.57 bits per heavy atom. The molecule has 2 bridgehead atoms. The zero-order chi connectivity index (χ0) is 16.9. The number of carbonyl (C=O) groups excluding carboxylic acids is 2. The summed E-state index contributed by atoms with van der Waals surface area (Å²) in [5.74, 6) is 1.18. The van der Waals surface area contributed by atoms with Gasteiger partial charge < -0.3 is 9.47 Å². The minimum Gasteiger partial charge on any atom is -0.458 e. The molecule has 3 fully saturated rings. The second kappa shape index (κ2) is 5.78. The SMILES string of the molecule is CCC(CC(C)C)(C(=O)OC1C2CC3C(=O)OC1C3C2)C(C)C. The summed E-state index contributed by atoms with van der Waals surface area (Å²) in [5.41, 5.74) is -0.433. The summed E-state index contributed by atoms with van der Waals surface area (Å²) in [4.78, 5) is 25.0. The minimum atomic E-state index is -0.433. The van der Waals surface area contributed by atoms with Crippen LogP contribution in [0.25, 0.3) is 0 Å². The Morgan fingerprint density at radius 1 is 1.30 bits per heavy atom. The topological polar surface area (TPSA) is 52.6 Å². The molecule has 0 N–H and O–H groups in total. The van der Waals surface area contributed by atoms with Crippen LogP contribution in [-0.2, 0) is 19.1 Å². The maximum atomic E-state index is 13.1. The first-order chi connectivity index (χ1) is 10.8. The van der Waals surface area contributed by atoms with Crippen LogP contribution in [-0.4, -0.2) is 24.1 Å². The number of rotatable bonds is 6. The molecule has 0 spiro atoms. The molecule has 1 heterocycles. The van der Waals surface area contributed by atoms with Crippen molar-refractivity contribution in [2.24, 2.45) is 35.0 Å². The summed E-state index contributed by atoms with van der Waals surface area (Å²) in [6.45, 7) is 10.6. The molecule has 6 atom stereocenters. The molecule has 2 aliphatic carbocycles. The first-order valence-electron chi connectivity index (χ1n) is 9.21. The molecule has 1 saturated heterocycles. The molecule has 0 radical (unpaired) electrons. The van der Waals surface area contributed by atoms with Crippen LogP contribution in [0.3, 0.4) is 0 Å². The van der Waals surface area contributed by atoms with Crippen molar-refractivity contribution < 1.29 is 19.1 Å². The van der Waals surface area contributed by atoms with Crippen LogP contribution in [0.2, 0.25) is 0 Å². The number of hydrogen-bond acceptors (Lipinski definition) is 4. The lowest BCUT2D eigenvalue weighted by Gasteiger charge is -2.38. The van der Waals surface area contributed by atoms with Crippen molar-refractivity contribution in [2.75, 3.05) is 0 Å². The van der Waals surface area contributed by atoms with Crippen molar-refractivity contribution in [1.29, 1.82) is 0 Å². The first kappa shape index (κ1) is 16.8. The zero-order valence-electron chi connectivity index (χ0n) is 15.0. The monoisotopic (exact) mass is 322 g/mol. The van der Waals surface area contributed by atoms with Crippen molar-refractivity contribution in [1.82, 2.24) is 0 Å². The molecule has 0 amide bonds. The minimum absolute atomic E-state index is 0.0663. The van der Waals surface area contributed by atoms with E-state index in [1.807, 2.05) is 0 Å². The van der Waals surface area contributed by atoms with E-state index in [9.17, 15) is 9.59 Å². The fourth-order valence-corrected chi connectivity index (χ4v) is 5.29. The van der Waals surface area contributed by atoms with Gasteiger partial charge in [-0.25, -0.2) is 0 Å². The molecule has 0 aromatic rings. The third kappa shape index (κ3) is 2.49. The lowest BCUT2D eigenvalue weighted by atomic mass is 9.69. The summed E-state index contributed by atoms with van der Waals surface area (Å²) in [5, 5.41) is 0. The Kier molecular flexibility index (Phi) is 4.22. The van der Waals surface area contributed by atoms with Crippen molar-refractivity contribution in [3.8, 4) is 0 Å². The zero-order valence-corrected chi connectivity index (χ0v) is 15.0. The van der Waals surface area contributed by atoms with Gasteiger partial charge in [0.2, 0.25) is 0 Å². The van der Waals surface area contributed by atoms with E-state index in [1.54, 1.807) is 0 Å². The second-order valence-electron chi connectivity index (χ2n) is 8.54. The molecule has 4 nitrogen and oxygen atoms in total. The molecule has 2 saturated carbocycles. The van der Waals surface area contributed by atoms with Crippen LogP contribution in [0.4, 0.5) is 0 Å². The van der Waals surface area contributed by atoms with E-state index in [2.05, 4.69) is 34.6 Å². The quantitative estimate of drug-likeness (QED) is 0.701. The standard InChI is InChI=1S/C19H30O4/c1-6-19(11(4)5,9-10(2)3)18(21)23-15-12-7-13-14(8-12)17(20)22-16(13)15/h10-16H,6-9H2,1-5H3. The largest absolute Gasteiger partial charge is 0.458 e. The van der Waals surface area contributed by atoms with Gasteiger partial charge in [-0.2, -0.15) is 0 Å². The molecule has 3 aliphatic rings. The lowest BCUT2D eigenvalue weighted by Crippen LogP contribution is -2.44. The Hall–Kier alpha value is -1.06. The third-order valence-corrected chi connectivity index (χ3v) is 6.57. The predicted octanol–water partition coefficient (Wildman–Crippen LogP) is 3.58. The van der Waals surface area contributed by atoms with Crippen molar-refractivity contribution in [2.45, 2.75) is 72.5 Å². The summed E-state index contributed by atoms with van der Waals surface area (Å²) >= 11 is 0. The maximum Gasteiger partial charge on any atom is 0.312 e. The van der Waals surface area contributed by atoms with Crippen LogP contribution in [0.1, 0.15) is 60.3 Å². The van der Waals surface area contributed by atoms with E-state index in [0.29, 0.717) is 11.8 Å². The van der Waals surface area contributed by atoms with Gasteiger partial charge in [-0.05, 0) is 37.5 Å². The highest BCUT2D eigenvalue weighted by atomic mass is 16.6. The van der Waals surface area contributed by atoms with Crippen molar-refractivity contribution in [3.63, 3.8) is 0 Å². The molecule has 0 aromatic carbocycles. The van der Waals surface area contributed by atoms with Gasteiger partial charge in [-0.3, -0.25) is 9.59 Å². The van der Waals surface area contributed by atoms with E-state index in [0.717, 1.165) is 25.7 Å². The van der Waals surface area contributed by atoms with Gasteiger partial charge in [0, 0.05) is 11.8 Å². The Morgan fingerprint density at radius 2 is 2.00 bits per heavy atom. The maximum absolute atomic E-state index is 13.1. The van der Waals surface area contributed by atoms with Crippen LogP contribution in [0, 0.1) is 35.0 Å². The summed E-state index contributed by atoms with van der Waals surface area (Å²) in [6, 6.07) is 0. The van der Waals surface area contributed by atoms with Gasteiger partial charge in [0.25, 0.3) is 0 Å². The number of fused-ring (bicyclic) bond motifs is 1. The third-order valence-electron chi connectivity index (χ3n) is 6.57. The van der Waals surface area contributed by atoms with E-state index in [4.69, 9.17) is 9.47 Å². The van der Waals surface area contributed by atoms with Gasteiger partial charge in [-0.1, -0.05) is 34.6 Å². The number of ether oxygens (including phenoxy) is 2. The fourth-order valence-electron chi connectivity index (χ4n) is 5.29. The molecule has 1 aliphatic heterocycles. The molecule has 6 unspecified atom stereocenters. The van der Waals surface area contributed by atoms with Gasteiger partial charge in [0.05, 0.1) is 11.3 Å². The average molecular weight is 322 g/mol. The molecular formula is C19H30O4. The second-order valence-corrected chi connectivity index (χ2v) is 8.54. The molecule has 3 rings (SSSR count). The summed E-state index contributed by atoms with van der Waals surface area (Å²) in [7, 11) is 0. The van der Waals surface area contributed by atoms with Crippen molar-refractivity contribution >= 4 is 11.9 Å². The molecule has 130 valence electrons. The fraction of sp³-hybridized carbons (Fsp3) is 0.895. The molecule has 0 aromatic heterocycles. The van der Waals surface area contributed by atoms with E-state index in [-0.39, 0.29) is 41.9 Å². The lowest BCUT2D eigenvalue weighted by molar-refractivity contribution is -0.176. The highest BCUT2D eigenvalue weighted by Crippen LogP contribution is 2.56. The Labute approximate surface area is 139 Å². The normalized spacial score (nSPS) is 37.3. The highest BCUT2D eigenvalue weighted by molar-refractivity contribution is 5.79. The number of esters is 2. The van der Waals surface area contributed by atoms with Crippen molar-refractivity contribution in [3.05, 3.63) is 0 Å². The average Bonchev–Trinajstić information content (AvgIpc) is 3.08. The van der Waals surface area contributed by atoms with Gasteiger partial charge >= 0.3 is 11.9 Å². The van der Waals surface area contributed by atoms with Crippen LogP contribution in [0.15, 0.2) is 0 Å². The van der Waals surface area contributed by atoms with E-state index in [1.165, 1.54) is 0 Å². The number of carbonyl (C=O) groups is 2. The van der Waals surface area contributed by atoms with E-state index < -0.39 is 5.41 Å². The van der Waals surface area contributed by atoms with Gasteiger partial charge in [0.15, 0.2) is 0 Å². The van der Waals surface area contributed by atoms with Gasteiger partial charge in [-0.15, -0.1) is 0 Å². The highest BCUT2D eigenvalue weighted by Gasteiger charge is 2.63.